The number of amides is 1. The molecule has 3 aromatic rings. The number of likely N-dealkylation sites (N-methyl/N-ethyl adjacent to an activating group) is 1. The number of carbonyl (C=O) groups excluding carboxylic acids is 1. The van der Waals surface area contributed by atoms with Gasteiger partial charge in [-0.05, 0) is 50.2 Å². The largest absolute Gasteiger partial charge is 0.336 e. The van der Waals surface area contributed by atoms with Crippen LogP contribution in [0.2, 0.25) is 0 Å². The molecule has 1 aliphatic heterocycles. The van der Waals surface area contributed by atoms with E-state index in [0.717, 1.165) is 6.54 Å². The second-order valence-electron chi connectivity index (χ2n) is 8.03. The Morgan fingerprint density at radius 2 is 2.03 bits per heavy atom. The summed E-state index contributed by atoms with van der Waals surface area (Å²) in [5, 5.41) is 11.8. The Morgan fingerprint density at radius 1 is 1.25 bits per heavy atom. The smallest absolute Gasteiger partial charge is 0.280 e. The highest BCUT2D eigenvalue weighted by atomic mass is 19.1. The van der Waals surface area contributed by atoms with Gasteiger partial charge in [-0.25, -0.2) is 14.1 Å². The Morgan fingerprint density at radius 3 is 2.69 bits per heavy atom. The average molecular weight is 434 g/mol. The van der Waals surface area contributed by atoms with Crippen LogP contribution in [-0.4, -0.2) is 63.2 Å². The van der Waals surface area contributed by atoms with E-state index >= 15 is 0 Å². The molecule has 0 spiro atoms. The molecule has 32 heavy (non-hydrogen) atoms. The summed E-state index contributed by atoms with van der Waals surface area (Å²) in [5.41, 5.74) is 0.866. The number of nitriles is 1. The van der Waals surface area contributed by atoms with E-state index in [4.69, 9.17) is 5.26 Å². The highest BCUT2D eigenvalue weighted by Crippen LogP contribution is 2.25. The lowest BCUT2D eigenvalue weighted by Crippen LogP contribution is -2.52. The summed E-state index contributed by atoms with van der Waals surface area (Å²) in [5.74, 6) is -0.417. The van der Waals surface area contributed by atoms with Crippen molar-refractivity contribution < 1.29 is 9.18 Å². The summed E-state index contributed by atoms with van der Waals surface area (Å²) in [6, 6.07) is 8.23. The van der Waals surface area contributed by atoms with Crippen molar-refractivity contribution >= 4 is 5.91 Å². The molecule has 1 atom stereocenters. The molecule has 2 aromatic heterocycles. The number of benzene rings is 1. The first-order valence-corrected chi connectivity index (χ1v) is 10.3. The van der Waals surface area contributed by atoms with Gasteiger partial charge in [0.2, 0.25) is 0 Å². The minimum Gasteiger partial charge on any atom is -0.336 e. The van der Waals surface area contributed by atoms with E-state index in [1.165, 1.54) is 30.1 Å². The van der Waals surface area contributed by atoms with Gasteiger partial charge in [-0.1, -0.05) is 6.07 Å². The number of hydrogen-bond acceptors (Lipinski definition) is 5. The molecule has 0 radical (unpaired) electrons. The number of aromatic nitrogens is 3. The molecule has 1 aliphatic rings. The molecule has 4 rings (SSSR count). The Bertz CT molecular complexity index is 1270. The fraction of sp³-hybridized carbons (Fsp3) is 0.304. The summed E-state index contributed by atoms with van der Waals surface area (Å²) in [7, 11) is 2.04. The Labute approximate surface area is 184 Å². The van der Waals surface area contributed by atoms with Gasteiger partial charge >= 0.3 is 0 Å². The first kappa shape index (κ1) is 21.5. The maximum Gasteiger partial charge on any atom is 0.280 e. The summed E-state index contributed by atoms with van der Waals surface area (Å²) < 4.78 is 15.6. The summed E-state index contributed by atoms with van der Waals surface area (Å²) >= 11 is 0. The highest BCUT2D eigenvalue weighted by molar-refractivity contribution is 5.94. The Hall–Kier alpha value is -3.77. The first-order chi connectivity index (χ1) is 15.3. The second kappa shape index (κ2) is 8.40. The van der Waals surface area contributed by atoms with Gasteiger partial charge in [0.05, 0.1) is 16.7 Å². The van der Waals surface area contributed by atoms with Crippen molar-refractivity contribution in [3.63, 3.8) is 0 Å². The minimum absolute atomic E-state index is 0.0706. The van der Waals surface area contributed by atoms with E-state index < -0.39 is 11.4 Å². The van der Waals surface area contributed by atoms with Crippen LogP contribution >= 0.6 is 0 Å². The van der Waals surface area contributed by atoms with Gasteiger partial charge in [-0.2, -0.15) is 5.26 Å². The molecule has 3 heterocycles. The molecule has 9 heteroatoms. The lowest BCUT2D eigenvalue weighted by Gasteiger charge is -2.37. The van der Waals surface area contributed by atoms with E-state index in [0.29, 0.717) is 30.0 Å². The zero-order chi connectivity index (χ0) is 23.0. The van der Waals surface area contributed by atoms with Gasteiger partial charge < -0.3 is 9.80 Å². The monoisotopic (exact) mass is 434 g/mol. The number of rotatable bonds is 3. The number of pyridine rings is 1. The normalized spacial score (nSPS) is 16.7. The zero-order valence-corrected chi connectivity index (χ0v) is 18.1. The topological polar surface area (TPSA) is 98.0 Å². The molecule has 1 fully saturated rings. The number of piperazine rings is 1. The molecular weight excluding hydrogens is 411 g/mol. The molecule has 164 valence electrons. The summed E-state index contributed by atoms with van der Waals surface area (Å²) in [6.07, 6.45) is 2.93. The third-order valence-electron chi connectivity index (χ3n) is 6.04. The van der Waals surface area contributed by atoms with Crippen molar-refractivity contribution in [1.29, 1.82) is 5.26 Å². The molecule has 0 aliphatic carbocycles. The Kier molecular flexibility index (Phi) is 5.63. The van der Waals surface area contributed by atoms with Crippen LogP contribution in [0.15, 0.2) is 41.5 Å². The van der Waals surface area contributed by atoms with Crippen LogP contribution in [-0.2, 0) is 0 Å². The van der Waals surface area contributed by atoms with Crippen LogP contribution in [0.1, 0.15) is 28.4 Å². The number of nitrogens with zero attached hydrogens (tertiary/aromatic N) is 5. The SMILES string of the molecule is Cc1c(-c2c[nH]n(-c3ccc(C(=O)N4CCN(C)C(C)C4)cn3)c2=O)ccc(C#N)c1F. The molecule has 8 nitrogen and oxygen atoms in total. The quantitative estimate of drug-likeness (QED) is 0.682. The minimum atomic E-state index is -0.642. The highest BCUT2D eigenvalue weighted by Gasteiger charge is 2.25. The van der Waals surface area contributed by atoms with Crippen molar-refractivity contribution in [2.24, 2.45) is 0 Å². The number of H-pyrrole nitrogens is 1. The zero-order valence-electron chi connectivity index (χ0n) is 18.1. The van der Waals surface area contributed by atoms with Crippen molar-refractivity contribution in [2.75, 3.05) is 26.7 Å². The van der Waals surface area contributed by atoms with Crippen molar-refractivity contribution in [3.8, 4) is 23.0 Å². The lowest BCUT2D eigenvalue weighted by atomic mass is 10.0. The average Bonchev–Trinajstić information content (AvgIpc) is 3.18. The Balaban J connectivity index is 1.59. The fourth-order valence-electron chi connectivity index (χ4n) is 3.86. The van der Waals surface area contributed by atoms with Crippen molar-refractivity contribution in [1.82, 2.24) is 24.6 Å². The maximum atomic E-state index is 14.3. The number of carbonyl (C=O) groups is 1. The number of nitrogens with one attached hydrogen (secondary N) is 1. The van der Waals surface area contributed by atoms with Gasteiger partial charge in [0.1, 0.15) is 11.9 Å². The van der Waals surface area contributed by atoms with Gasteiger partial charge in [0.15, 0.2) is 5.82 Å². The standard InChI is InChI=1S/C23H23FN6O2/c1-14-13-29(9-8-28(14)3)22(31)17-5-7-20(26-11-17)30-23(32)19(12-27-30)18-6-4-16(10-25)21(24)15(18)2/h4-7,11-12,14,27H,8-9,13H2,1-3H3. The predicted octanol–water partition coefficient (Wildman–Crippen LogP) is 2.32. The van der Waals surface area contributed by atoms with Gasteiger partial charge in [0.25, 0.3) is 11.5 Å². The van der Waals surface area contributed by atoms with Crippen LogP contribution in [0.5, 0.6) is 0 Å². The first-order valence-electron chi connectivity index (χ1n) is 10.3. The second-order valence-corrected chi connectivity index (χ2v) is 8.03. The molecule has 1 N–H and O–H groups in total. The molecule has 1 amide bonds. The van der Waals surface area contributed by atoms with Crippen molar-refractivity contribution in [3.05, 3.63) is 69.5 Å². The molecule has 1 aromatic carbocycles. The fourth-order valence-corrected chi connectivity index (χ4v) is 3.86. The summed E-state index contributed by atoms with van der Waals surface area (Å²) in [6.45, 7) is 5.73. The molecule has 1 unspecified atom stereocenters. The molecular formula is C23H23FN6O2. The van der Waals surface area contributed by atoms with E-state index in [1.807, 2.05) is 11.9 Å². The van der Waals surface area contributed by atoms with E-state index in [1.54, 1.807) is 24.3 Å². The molecule has 0 bridgehead atoms. The third kappa shape index (κ3) is 3.69. The number of hydrogen-bond donors (Lipinski definition) is 1. The number of halogens is 1. The number of aromatic amines is 1. The van der Waals surface area contributed by atoms with Crippen LogP contribution in [0.4, 0.5) is 4.39 Å². The van der Waals surface area contributed by atoms with E-state index in [-0.39, 0.29) is 28.6 Å². The van der Waals surface area contributed by atoms with Crippen LogP contribution in [0, 0.1) is 24.1 Å². The van der Waals surface area contributed by atoms with Gasteiger partial charge in [-0.3, -0.25) is 14.7 Å². The molecule has 0 saturated carbocycles. The van der Waals surface area contributed by atoms with Crippen LogP contribution in [0.25, 0.3) is 16.9 Å². The van der Waals surface area contributed by atoms with Gasteiger partial charge in [0, 0.05) is 38.1 Å². The summed E-state index contributed by atoms with van der Waals surface area (Å²) in [4.78, 5) is 34.1. The van der Waals surface area contributed by atoms with E-state index in [2.05, 4.69) is 21.9 Å². The van der Waals surface area contributed by atoms with Crippen LogP contribution < -0.4 is 5.56 Å². The third-order valence-corrected chi connectivity index (χ3v) is 6.04. The van der Waals surface area contributed by atoms with Gasteiger partial charge in [-0.15, -0.1) is 0 Å². The van der Waals surface area contributed by atoms with Crippen LogP contribution in [0.3, 0.4) is 0 Å². The van der Waals surface area contributed by atoms with E-state index in [9.17, 15) is 14.0 Å². The molecule has 1 saturated heterocycles. The van der Waals surface area contributed by atoms with Crippen molar-refractivity contribution in [2.45, 2.75) is 19.9 Å². The predicted molar refractivity (Wildman–Crippen MR) is 117 cm³/mol. The lowest BCUT2D eigenvalue weighted by molar-refractivity contribution is 0.0572. The maximum absolute atomic E-state index is 14.3.